The standard InChI is InChI=1S/C17H17ClO3/c1-2-11-20-17-6-4-3-5-15(17)16(19)12-21-14-9-7-13(18)8-10-14/h3-10H,2,11-12H2,1H3. The number of halogens is 1. The summed E-state index contributed by atoms with van der Waals surface area (Å²) in [4.78, 5) is 12.2. The van der Waals surface area contributed by atoms with Crippen LogP contribution >= 0.6 is 11.6 Å². The number of hydrogen-bond acceptors (Lipinski definition) is 3. The first-order valence-electron chi connectivity index (χ1n) is 6.84. The Balaban J connectivity index is 2.01. The van der Waals surface area contributed by atoms with Gasteiger partial charge in [-0.15, -0.1) is 0 Å². The van der Waals surface area contributed by atoms with Crippen LogP contribution in [-0.2, 0) is 0 Å². The average Bonchev–Trinajstić information content (AvgIpc) is 2.52. The molecule has 0 N–H and O–H groups in total. The molecule has 0 aromatic heterocycles. The molecule has 0 radical (unpaired) electrons. The molecule has 0 saturated heterocycles. The van der Waals surface area contributed by atoms with Gasteiger partial charge in [0.15, 0.2) is 6.61 Å². The van der Waals surface area contributed by atoms with Crippen molar-refractivity contribution in [2.75, 3.05) is 13.2 Å². The number of ketones is 1. The minimum atomic E-state index is -0.114. The lowest BCUT2D eigenvalue weighted by molar-refractivity contribution is 0.0917. The van der Waals surface area contributed by atoms with Crippen LogP contribution in [-0.4, -0.2) is 19.0 Å². The molecule has 0 amide bonds. The number of Topliss-reactive ketones (excluding diaryl/α,β-unsaturated/α-hetero) is 1. The lowest BCUT2D eigenvalue weighted by Crippen LogP contribution is -2.13. The maximum absolute atomic E-state index is 12.2. The minimum Gasteiger partial charge on any atom is -0.493 e. The number of carbonyl (C=O) groups is 1. The SMILES string of the molecule is CCCOc1ccccc1C(=O)COc1ccc(Cl)cc1. The maximum Gasteiger partial charge on any atom is 0.203 e. The Hall–Kier alpha value is -2.00. The van der Waals surface area contributed by atoms with Crippen molar-refractivity contribution in [1.29, 1.82) is 0 Å². The molecule has 0 unspecified atom stereocenters. The summed E-state index contributed by atoms with van der Waals surface area (Å²) >= 11 is 5.80. The van der Waals surface area contributed by atoms with E-state index in [-0.39, 0.29) is 12.4 Å². The van der Waals surface area contributed by atoms with Crippen molar-refractivity contribution >= 4 is 17.4 Å². The summed E-state index contributed by atoms with van der Waals surface area (Å²) < 4.78 is 11.1. The van der Waals surface area contributed by atoms with Gasteiger partial charge in [0, 0.05) is 5.02 Å². The van der Waals surface area contributed by atoms with Crippen LogP contribution in [0.5, 0.6) is 11.5 Å². The molecule has 2 aromatic carbocycles. The van der Waals surface area contributed by atoms with E-state index in [1.807, 2.05) is 19.1 Å². The number of rotatable bonds is 7. The molecule has 0 saturated carbocycles. The molecule has 0 bridgehead atoms. The first-order valence-corrected chi connectivity index (χ1v) is 7.22. The zero-order chi connectivity index (χ0) is 15.1. The number of hydrogen-bond donors (Lipinski definition) is 0. The Morgan fingerprint density at radius 2 is 1.76 bits per heavy atom. The summed E-state index contributed by atoms with van der Waals surface area (Å²) in [5.74, 6) is 1.10. The van der Waals surface area contributed by atoms with Crippen molar-refractivity contribution < 1.29 is 14.3 Å². The average molecular weight is 305 g/mol. The van der Waals surface area contributed by atoms with Gasteiger partial charge in [-0.3, -0.25) is 4.79 Å². The second-order valence-corrected chi connectivity index (χ2v) is 4.95. The highest BCUT2D eigenvalue weighted by atomic mass is 35.5. The molecule has 0 aliphatic rings. The fraction of sp³-hybridized carbons (Fsp3) is 0.235. The molecule has 21 heavy (non-hydrogen) atoms. The van der Waals surface area contributed by atoms with Gasteiger partial charge in [-0.25, -0.2) is 0 Å². The molecule has 4 heteroatoms. The third kappa shape index (κ3) is 4.50. The molecule has 2 rings (SSSR count). The topological polar surface area (TPSA) is 35.5 Å². The number of carbonyl (C=O) groups excluding carboxylic acids is 1. The highest BCUT2D eigenvalue weighted by Gasteiger charge is 2.12. The quantitative estimate of drug-likeness (QED) is 0.712. The molecule has 0 aliphatic heterocycles. The molecule has 0 fully saturated rings. The normalized spacial score (nSPS) is 10.2. The highest BCUT2D eigenvalue weighted by Crippen LogP contribution is 2.20. The number of benzene rings is 2. The predicted octanol–water partition coefficient (Wildman–Crippen LogP) is 4.39. The second kappa shape index (κ2) is 7.70. The Morgan fingerprint density at radius 1 is 1.05 bits per heavy atom. The minimum absolute atomic E-state index is 0.0336. The van der Waals surface area contributed by atoms with E-state index in [1.165, 1.54) is 0 Å². The predicted molar refractivity (Wildman–Crippen MR) is 83.5 cm³/mol. The van der Waals surface area contributed by atoms with Gasteiger partial charge in [0.05, 0.1) is 12.2 Å². The van der Waals surface area contributed by atoms with Crippen LogP contribution in [0.15, 0.2) is 48.5 Å². The molecule has 0 spiro atoms. The van der Waals surface area contributed by atoms with Crippen molar-refractivity contribution in [2.45, 2.75) is 13.3 Å². The van der Waals surface area contributed by atoms with Crippen LogP contribution in [0, 0.1) is 0 Å². The van der Waals surface area contributed by atoms with E-state index in [9.17, 15) is 4.79 Å². The van der Waals surface area contributed by atoms with Gasteiger partial charge in [0.2, 0.25) is 5.78 Å². The Labute approximate surface area is 129 Å². The van der Waals surface area contributed by atoms with E-state index in [0.29, 0.717) is 28.7 Å². The van der Waals surface area contributed by atoms with Gasteiger partial charge < -0.3 is 9.47 Å². The van der Waals surface area contributed by atoms with Crippen molar-refractivity contribution in [2.24, 2.45) is 0 Å². The zero-order valence-corrected chi connectivity index (χ0v) is 12.6. The maximum atomic E-state index is 12.2. The van der Waals surface area contributed by atoms with E-state index in [1.54, 1.807) is 36.4 Å². The van der Waals surface area contributed by atoms with Crippen LogP contribution in [0.25, 0.3) is 0 Å². The van der Waals surface area contributed by atoms with Crippen molar-refractivity contribution in [3.05, 3.63) is 59.1 Å². The van der Waals surface area contributed by atoms with Gasteiger partial charge >= 0.3 is 0 Å². The van der Waals surface area contributed by atoms with Crippen molar-refractivity contribution in [3.8, 4) is 11.5 Å². The van der Waals surface area contributed by atoms with E-state index < -0.39 is 0 Å². The molecule has 2 aromatic rings. The largest absolute Gasteiger partial charge is 0.493 e. The number of para-hydroxylation sites is 1. The van der Waals surface area contributed by atoms with Gasteiger partial charge in [0.25, 0.3) is 0 Å². The van der Waals surface area contributed by atoms with Crippen LogP contribution in [0.4, 0.5) is 0 Å². The summed E-state index contributed by atoms with van der Waals surface area (Å²) in [7, 11) is 0. The summed E-state index contributed by atoms with van der Waals surface area (Å²) in [6, 6.07) is 14.1. The van der Waals surface area contributed by atoms with Crippen LogP contribution in [0.1, 0.15) is 23.7 Å². The van der Waals surface area contributed by atoms with Crippen LogP contribution < -0.4 is 9.47 Å². The number of ether oxygens (including phenoxy) is 2. The summed E-state index contributed by atoms with van der Waals surface area (Å²) in [5.41, 5.74) is 0.542. The lowest BCUT2D eigenvalue weighted by atomic mass is 10.1. The van der Waals surface area contributed by atoms with E-state index in [0.717, 1.165) is 6.42 Å². The summed E-state index contributed by atoms with van der Waals surface area (Å²) in [6.07, 6.45) is 0.893. The van der Waals surface area contributed by atoms with Crippen LogP contribution in [0.2, 0.25) is 5.02 Å². The van der Waals surface area contributed by atoms with E-state index in [2.05, 4.69) is 0 Å². The van der Waals surface area contributed by atoms with Gasteiger partial charge in [-0.2, -0.15) is 0 Å². The highest BCUT2D eigenvalue weighted by molar-refractivity contribution is 6.30. The Morgan fingerprint density at radius 3 is 2.48 bits per heavy atom. The Kier molecular flexibility index (Phi) is 5.64. The monoisotopic (exact) mass is 304 g/mol. The smallest absolute Gasteiger partial charge is 0.203 e. The Bertz CT molecular complexity index is 593. The molecule has 0 atom stereocenters. The molecule has 3 nitrogen and oxygen atoms in total. The van der Waals surface area contributed by atoms with Crippen molar-refractivity contribution in [3.63, 3.8) is 0 Å². The first-order chi connectivity index (χ1) is 10.2. The van der Waals surface area contributed by atoms with Gasteiger partial charge in [-0.05, 0) is 42.8 Å². The fourth-order valence-corrected chi connectivity index (χ4v) is 1.92. The fourth-order valence-electron chi connectivity index (χ4n) is 1.79. The molecule has 0 heterocycles. The molecular weight excluding hydrogens is 288 g/mol. The van der Waals surface area contributed by atoms with Gasteiger partial charge in [-0.1, -0.05) is 30.7 Å². The second-order valence-electron chi connectivity index (χ2n) is 4.51. The third-order valence-corrected chi connectivity index (χ3v) is 3.08. The summed E-state index contributed by atoms with van der Waals surface area (Å²) in [6.45, 7) is 2.57. The zero-order valence-electron chi connectivity index (χ0n) is 11.8. The third-order valence-electron chi connectivity index (χ3n) is 2.83. The van der Waals surface area contributed by atoms with Crippen molar-refractivity contribution in [1.82, 2.24) is 0 Å². The first kappa shape index (κ1) is 15.4. The van der Waals surface area contributed by atoms with Gasteiger partial charge in [0.1, 0.15) is 11.5 Å². The van der Waals surface area contributed by atoms with E-state index in [4.69, 9.17) is 21.1 Å². The lowest BCUT2D eigenvalue weighted by Gasteiger charge is -2.10. The molecule has 110 valence electrons. The summed E-state index contributed by atoms with van der Waals surface area (Å²) in [5, 5.41) is 0.631. The van der Waals surface area contributed by atoms with E-state index >= 15 is 0 Å². The van der Waals surface area contributed by atoms with Crippen LogP contribution in [0.3, 0.4) is 0 Å². The molecule has 0 aliphatic carbocycles. The molecular formula is C17H17ClO3.